The lowest BCUT2D eigenvalue weighted by Gasteiger charge is -2.07. The molecule has 78 valence electrons. The van der Waals surface area contributed by atoms with Crippen LogP contribution in [0.25, 0.3) is 0 Å². The minimum atomic E-state index is -4.73. The third-order valence-electron chi connectivity index (χ3n) is 1.09. The third kappa shape index (κ3) is 3.60. The number of halogens is 3. The van der Waals surface area contributed by atoms with Gasteiger partial charge in [0.25, 0.3) is 0 Å². The summed E-state index contributed by atoms with van der Waals surface area (Å²) < 4.78 is 34.9. The highest BCUT2D eigenvalue weighted by Crippen LogP contribution is 2.15. The molecule has 2 amide bonds. The molecule has 1 heterocycles. The van der Waals surface area contributed by atoms with Crippen molar-refractivity contribution in [2.24, 2.45) is 0 Å². The first-order valence-corrected chi connectivity index (χ1v) is 4.33. The molecule has 0 atom stereocenters. The van der Waals surface area contributed by atoms with Crippen LogP contribution in [0.2, 0.25) is 0 Å². The Morgan fingerprint density at radius 3 is 2.64 bits per heavy atom. The highest BCUT2D eigenvalue weighted by Gasteiger charge is 2.30. The molecule has 0 aromatic carbocycles. The molecule has 1 aromatic rings. The van der Waals surface area contributed by atoms with Crippen LogP contribution in [-0.4, -0.2) is 17.3 Å². The average molecular weight is 225 g/mol. The van der Waals surface area contributed by atoms with Crippen LogP contribution in [0.15, 0.2) is 5.38 Å². The van der Waals surface area contributed by atoms with Gasteiger partial charge >= 0.3 is 12.3 Å². The summed E-state index contributed by atoms with van der Waals surface area (Å²) >= 11 is 1.05. The summed E-state index contributed by atoms with van der Waals surface area (Å²) in [4.78, 5) is 14.4. The SMILES string of the molecule is Cc1csc(NC(=O)NC(F)(F)F)n1. The maximum Gasteiger partial charge on any atom is 0.485 e. The Labute approximate surface area is 81.1 Å². The number of aromatic nitrogens is 1. The van der Waals surface area contributed by atoms with E-state index in [1.54, 1.807) is 12.3 Å². The molecule has 0 unspecified atom stereocenters. The van der Waals surface area contributed by atoms with Crippen molar-refractivity contribution in [1.82, 2.24) is 10.3 Å². The Balaban J connectivity index is 2.50. The maximum atomic E-state index is 11.6. The van der Waals surface area contributed by atoms with E-state index in [1.807, 2.05) is 5.32 Å². The molecular weight excluding hydrogens is 219 g/mol. The van der Waals surface area contributed by atoms with E-state index in [1.165, 1.54) is 0 Å². The number of hydrogen-bond donors (Lipinski definition) is 2. The van der Waals surface area contributed by atoms with Crippen LogP contribution >= 0.6 is 11.3 Å². The van der Waals surface area contributed by atoms with Crippen molar-refractivity contribution in [2.45, 2.75) is 13.2 Å². The lowest BCUT2D eigenvalue weighted by molar-refractivity contribution is -0.144. The zero-order valence-electron chi connectivity index (χ0n) is 6.97. The Morgan fingerprint density at radius 2 is 2.21 bits per heavy atom. The summed E-state index contributed by atoms with van der Waals surface area (Å²) in [5, 5.41) is 4.49. The predicted octanol–water partition coefficient (Wildman–Crippen LogP) is 2.09. The average Bonchev–Trinajstić information content (AvgIpc) is 2.30. The number of carbonyl (C=O) groups excluding carboxylic acids is 1. The molecule has 0 bridgehead atoms. The molecule has 0 saturated carbocycles. The van der Waals surface area contributed by atoms with Gasteiger partial charge in [0, 0.05) is 5.38 Å². The number of nitrogens with one attached hydrogen (secondary N) is 2. The molecule has 14 heavy (non-hydrogen) atoms. The fraction of sp³-hybridized carbons (Fsp3) is 0.333. The van der Waals surface area contributed by atoms with E-state index in [2.05, 4.69) is 4.98 Å². The van der Waals surface area contributed by atoms with Crippen molar-refractivity contribution in [2.75, 3.05) is 5.32 Å². The van der Waals surface area contributed by atoms with Gasteiger partial charge in [0.15, 0.2) is 5.13 Å². The predicted molar refractivity (Wildman–Crippen MR) is 45.1 cm³/mol. The van der Waals surface area contributed by atoms with Crippen LogP contribution in [0.1, 0.15) is 5.69 Å². The van der Waals surface area contributed by atoms with Crippen LogP contribution in [0.5, 0.6) is 0 Å². The number of rotatable bonds is 1. The van der Waals surface area contributed by atoms with Crippen molar-refractivity contribution in [3.8, 4) is 0 Å². The van der Waals surface area contributed by atoms with E-state index >= 15 is 0 Å². The van der Waals surface area contributed by atoms with Gasteiger partial charge in [0.1, 0.15) is 0 Å². The number of aryl methyl sites for hydroxylation is 1. The van der Waals surface area contributed by atoms with Gasteiger partial charge in [-0.15, -0.1) is 11.3 Å². The van der Waals surface area contributed by atoms with Gasteiger partial charge in [0.2, 0.25) is 0 Å². The van der Waals surface area contributed by atoms with Crippen LogP contribution in [0.4, 0.5) is 23.1 Å². The van der Waals surface area contributed by atoms with E-state index in [9.17, 15) is 18.0 Å². The lowest BCUT2D eigenvalue weighted by Crippen LogP contribution is -2.40. The molecule has 0 aliphatic rings. The molecule has 0 radical (unpaired) electrons. The second kappa shape index (κ2) is 3.82. The molecule has 1 rings (SSSR count). The van der Waals surface area contributed by atoms with Crippen molar-refractivity contribution < 1.29 is 18.0 Å². The molecular formula is C6H6F3N3OS. The summed E-state index contributed by atoms with van der Waals surface area (Å²) in [6.07, 6.45) is -4.73. The topological polar surface area (TPSA) is 54.0 Å². The molecule has 0 spiro atoms. The molecule has 1 aromatic heterocycles. The summed E-state index contributed by atoms with van der Waals surface area (Å²) in [6.45, 7) is 1.67. The Bertz CT molecular complexity index is 335. The second-order valence-corrected chi connectivity index (χ2v) is 3.23. The van der Waals surface area contributed by atoms with Gasteiger partial charge in [-0.25, -0.2) is 15.1 Å². The van der Waals surface area contributed by atoms with E-state index in [4.69, 9.17) is 0 Å². The van der Waals surface area contributed by atoms with Crippen LogP contribution in [0.3, 0.4) is 0 Å². The molecule has 0 aliphatic carbocycles. The summed E-state index contributed by atoms with van der Waals surface area (Å²) in [6, 6.07) is -1.34. The van der Waals surface area contributed by atoms with Crippen LogP contribution in [-0.2, 0) is 0 Å². The minimum absolute atomic E-state index is 0.129. The fourth-order valence-corrected chi connectivity index (χ4v) is 1.35. The van der Waals surface area contributed by atoms with Crippen molar-refractivity contribution in [3.63, 3.8) is 0 Å². The standard InChI is InChI=1S/C6H6F3N3OS/c1-3-2-14-5(10-3)11-4(13)12-6(7,8)9/h2H,1H3,(H2,10,11,12,13). The smallest absolute Gasteiger partial charge is 0.283 e. The Hall–Kier alpha value is -1.31. The largest absolute Gasteiger partial charge is 0.485 e. The number of nitrogens with zero attached hydrogens (tertiary/aromatic N) is 1. The normalized spacial score (nSPS) is 11.1. The highest BCUT2D eigenvalue weighted by atomic mass is 32.1. The molecule has 4 nitrogen and oxygen atoms in total. The molecule has 0 fully saturated rings. The molecule has 0 aliphatic heterocycles. The number of carbonyl (C=O) groups is 1. The second-order valence-electron chi connectivity index (χ2n) is 2.37. The first-order valence-electron chi connectivity index (χ1n) is 3.45. The van der Waals surface area contributed by atoms with E-state index in [-0.39, 0.29) is 5.13 Å². The highest BCUT2D eigenvalue weighted by molar-refractivity contribution is 7.13. The monoisotopic (exact) mass is 225 g/mol. The van der Waals surface area contributed by atoms with Gasteiger partial charge in [-0.1, -0.05) is 0 Å². The number of urea groups is 1. The van der Waals surface area contributed by atoms with Crippen LogP contribution < -0.4 is 10.6 Å². The molecule has 2 N–H and O–H groups in total. The number of amides is 2. The number of anilines is 1. The van der Waals surface area contributed by atoms with Crippen LogP contribution in [0, 0.1) is 6.92 Å². The zero-order valence-corrected chi connectivity index (χ0v) is 7.79. The van der Waals surface area contributed by atoms with Crippen molar-refractivity contribution in [1.29, 1.82) is 0 Å². The van der Waals surface area contributed by atoms with E-state index < -0.39 is 12.3 Å². The number of alkyl halides is 3. The maximum absolute atomic E-state index is 11.6. The Morgan fingerprint density at radius 1 is 1.57 bits per heavy atom. The number of thiazole rings is 1. The quantitative estimate of drug-likeness (QED) is 0.719. The zero-order chi connectivity index (χ0) is 10.8. The summed E-state index contributed by atoms with van der Waals surface area (Å²) in [5.41, 5.74) is 0.636. The van der Waals surface area contributed by atoms with E-state index in [0.717, 1.165) is 16.7 Å². The summed E-state index contributed by atoms with van der Waals surface area (Å²) in [5.74, 6) is 0. The third-order valence-corrected chi connectivity index (χ3v) is 1.97. The van der Waals surface area contributed by atoms with Gasteiger partial charge in [0.05, 0.1) is 5.69 Å². The molecule has 0 saturated heterocycles. The van der Waals surface area contributed by atoms with E-state index in [0.29, 0.717) is 5.69 Å². The first kappa shape index (κ1) is 10.8. The minimum Gasteiger partial charge on any atom is -0.283 e. The molecule has 8 heteroatoms. The lowest BCUT2D eigenvalue weighted by atomic mass is 10.6. The van der Waals surface area contributed by atoms with Gasteiger partial charge < -0.3 is 0 Å². The number of hydrogen-bond acceptors (Lipinski definition) is 3. The summed E-state index contributed by atoms with van der Waals surface area (Å²) in [7, 11) is 0. The fourth-order valence-electron chi connectivity index (χ4n) is 0.668. The van der Waals surface area contributed by atoms with Crippen molar-refractivity contribution in [3.05, 3.63) is 11.1 Å². The first-order chi connectivity index (χ1) is 6.37. The van der Waals surface area contributed by atoms with Gasteiger partial charge in [-0.3, -0.25) is 5.32 Å². The van der Waals surface area contributed by atoms with Crippen molar-refractivity contribution >= 4 is 22.5 Å². The van der Waals surface area contributed by atoms with Gasteiger partial charge in [-0.2, -0.15) is 13.2 Å². The van der Waals surface area contributed by atoms with Gasteiger partial charge in [-0.05, 0) is 6.92 Å². The Kier molecular flexibility index (Phi) is 2.94.